The van der Waals surface area contributed by atoms with E-state index in [9.17, 15) is 4.79 Å². The lowest BCUT2D eigenvalue weighted by Crippen LogP contribution is -2.38. The van der Waals surface area contributed by atoms with Crippen LogP contribution in [0.4, 0.5) is 0 Å². The summed E-state index contributed by atoms with van der Waals surface area (Å²) in [7, 11) is 0. The zero-order valence-corrected chi connectivity index (χ0v) is 21.6. The quantitative estimate of drug-likeness (QED) is 0.342. The Balaban J connectivity index is 1.56. The number of benzene rings is 3. The number of aryl methyl sites for hydroxylation is 1. The van der Waals surface area contributed by atoms with E-state index in [4.69, 9.17) is 9.73 Å². The molecule has 3 aromatic carbocycles. The highest BCUT2D eigenvalue weighted by atomic mass is 79.9. The van der Waals surface area contributed by atoms with Gasteiger partial charge in [-0.3, -0.25) is 9.36 Å². The molecule has 0 bridgehead atoms. The first-order valence-electron chi connectivity index (χ1n) is 11.7. The number of fused-ring (bicyclic) bond motifs is 3. The van der Waals surface area contributed by atoms with Gasteiger partial charge >= 0.3 is 0 Å². The molecule has 0 saturated carbocycles. The van der Waals surface area contributed by atoms with Crippen molar-refractivity contribution in [2.24, 2.45) is 4.99 Å². The summed E-state index contributed by atoms with van der Waals surface area (Å²) in [5.41, 5.74) is 6.80. The molecule has 6 rings (SSSR count). The second kappa shape index (κ2) is 9.10. The molecule has 6 heteroatoms. The summed E-state index contributed by atoms with van der Waals surface area (Å²) >= 11 is 5.04. The van der Waals surface area contributed by atoms with E-state index >= 15 is 0 Å². The maximum absolute atomic E-state index is 13.8. The Labute approximate surface area is 215 Å². The van der Waals surface area contributed by atoms with Crippen LogP contribution in [0.1, 0.15) is 41.6 Å². The molecule has 4 nitrogen and oxygen atoms in total. The summed E-state index contributed by atoms with van der Waals surface area (Å²) in [5, 5.41) is 0. The van der Waals surface area contributed by atoms with Gasteiger partial charge in [0.2, 0.25) is 0 Å². The normalized spacial score (nSPS) is 16.9. The molecule has 0 amide bonds. The minimum atomic E-state index is -0.148. The highest BCUT2D eigenvalue weighted by Crippen LogP contribution is 2.41. The maximum Gasteiger partial charge on any atom is 0.271 e. The van der Waals surface area contributed by atoms with Crippen LogP contribution in [0.25, 0.3) is 11.8 Å². The Morgan fingerprint density at radius 1 is 1.09 bits per heavy atom. The Morgan fingerprint density at radius 3 is 2.69 bits per heavy atom. The number of aromatic nitrogens is 1. The monoisotopic (exact) mass is 542 g/mol. The highest BCUT2D eigenvalue weighted by Gasteiger charge is 2.32. The minimum Gasteiger partial charge on any atom is -0.493 e. The molecule has 2 heterocycles. The van der Waals surface area contributed by atoms with Crippen LogP contribution in [0.3, 0.4) is 0 Å². The van der Waals surface area contributed by atoms with Gasteiger partial charge in [0, 0.05) is 5.56 Å². The lowest BCUT2D eigenvalue weighted by Gasteiger charge is -2.30. The van der Waals surface area contributed by atoms with Gasteiger partial charge in [-0.25, -0.2) is 4.99 Å². The number of nitrogens with zero attached hydrogens (tertiary/aromatic N) is 2. The third-order valence-electron chi connectivity index (χ3n) is 6.54. The standard InChI is InChI=1S/C29H23BrN2O2S/c1-2-34-24-15-12-18(16-23(24)30)17-25-28(33)32-27(20-9-4-3-5-10-20)22-14-13-19-8-6-7-11-21(19)26(22)31-29(32)35-25/h3-12,15-17,27H,2,13-14H2,1H3/b25-17+/t27-/m1/s1. The SMILES string of the molecule is CCOc1ccc(/C=c2/sc3n(c2=O)[C@H](c2ccccc2)C2=C(N=3)c3ccccc3CC2)cc1Br. The highest BCUT2D eigenvalue weighted by molar-refractivity contribution is 9.10. The summed E-state index contributed by atoms with van der Waals surface area (Å²) in [4.78, 5) is 19.6. The van der Waals surface area contributed by atoms with Crippen molar-refractivity contribution in [3.05, 3.63) is 125 Å². The van der Waals surface area contributed by atoms with E-state index in [0.717, 1.165) is 44.7 Å². The summed E-state index contributed by atoms with van der Waals surface area (Å²) in [5.74, 6) is 0.793. The van der Waals surface area contributed by atoms with Crippen LogP contribution in [0.5, 0.6) is 5.75 Å². The topological polar surface area (TPSA) is 43.6 Å². The summed E-state index contributed by atoms with van der Waals surface area (Å²) in [6.45, 7) is 2.56. The predicted molar refractivity (Wildman–Crippen MR) is 145 cm³/mol. The first-order chi connectivity index (χ1) is 17.1. The summed E-state index contributed by atoms with van der Waals surface area (Å²) in [6, 6.07) is 24.6. The van der Waals surface area contributed by atoms with Gasteiger partial charge in [0.25, 0.3) is 5.56 Å². The molecular formula is C29H23BrN2O2S. The van der Waals surface area contributed by atoms with Crippen molar-refractivity contribution >= 4 is 39.0 Å². The Kier molecular flexibility index (Phi) is 5.78. The van der Waals surface area contributed by atoms with Gasteiger partial charge in [0.15, 0.2) is 4.80 Å². The van der Waals surface area contributed by atoms with E-state index in [1.165, 1.54) is 28.0 Å². The van der Waals surface area contributed by atoms with E-state index in [2.05, 4.69) is 52.3 Å². The van der Waals surface area contributed by atoms with Crippen molar-refractivity contribution in [3.8, 4) is 5.75 Å². The van der Waals surface area contributed by atoms with Gasteiger partial charge in [-0.05, 0) is 76.2 Å². The number of ether oxygens (including phenoxy) is 1. The van der Waals surface area contributed by atoms with Gasteiger partial charge in [-0.2, -0.15) is 0 Å². The van der Waals surface area contributed by atoms with Crippen LogP contribution in [0, 0.1) is 0 Å². The van der Waals surface area contributed by atoms with Crippen molar-refractivity contribution in [1.82, 2.24) is 4.57 Å². The number of hydrogen-bond acceptors (Lipinski definition) is 4. The van der Waals surface area contributed by atoms with Gasteiger partial charge in [-0.15, -0.1) is 0 Å². The molecule has 1 aliphatic heterocycles. The number of hydrogen-bond donors (Lipinski definition) is 0. The number of thiazole rings is 1. The second-order valence-electron chi connectivity index (χ2n) is 8.65. The van der Waals surface area contributed by atoms with Crippen LogP contribution < -0.4 is 19.6 Å². The molecule has 0 spiro atoms. The molecule has 0 N–H and O–H groups in total. The van der Waals surface area contributed by atoms with E-state index in [0.29, 0.717) is 11.1 Å². The van der Waals surface area contributed by atoms with E-state index in [-0.39, 0.29) is 11.6 Å². The summed E-state index contributed by atoms with van der Waals surface area (Å²) < 4.78 is 9.07. The molecule has 174 valence electrons. The lowest BCUT2D eigenvalue weighted by atomic mass is 9.83. The molecule has 1 atom stereocenters. The molecular weight excluding hydrogens is 520 g/mol. The van der Waals surface area contributed by atoms with Crippen LogP contribution in [0.15, 0.2) is 92.6 Å². The first kappa shape index (κ1) is 22.3. The fraction of sp³-hybridized carbons (Fsp3) is 0.172. The lowest BCUT2D eigenvalue weighted by molar-refractivity contribution is 0.338. The number of allylic oxidation sites excluding steroid dienone is 1. The van der Waals surface area contributed by atoms with Crippen molar-refractivity contribution < 1.29 is 4.74 Å². The van der Waals surface area contributed by atoms with E-state index in [1.807, 2.05) is 54.0 Å². The zero-order valence-electron chi connectivity index (χ0n) is 19.2. The van der Waals surface area contributed by atoms with Crippen molar-refractivity contribution in [2.45, 2.75) is 25.8 Å². The van der Waals surface area contributed by atoms with Crippen molar-refractivity contribution in [2.75, 3.05) is 6.61 Å². The van der Waals surface area contributed by atoms with Gasteiger partial charge in [0.1, 0.15) is 5.75 Å². The molecule has 0 fully saturated rings. The average Bonchev–Trinajstić information content (AvgIpc) is 3.19. The number of halogens is 1. The molecule has 0 unspecified atom stereocenters. The van der Waals surface area contributed by atoms with Gasteiger partial charge < -0.3 is 4.74 Å². The Morgan fingerprint density at radius 2 is 1.89 bits per heavy atom. The molecule has 2 aliphatic rings. The average molecular weight is 543 g/mol. The zero-order chi connectivity index (χ0) is 23.9. The number of rotatable bonds is 4. The fourth-order valence-corrected chi connectivity index (χ4v) is 6.50. The molecule has 0 saturated heterocycles. The second-order valence-corrected chi connectivity index (χ2v) is 10.5. The van der Waals surface area contributed by atoms with Crippen LogP contribution >= 0.6 is 27.3 Å². The third-order valence-corrected chi connectivity index (χ3v) is 8.14. The molecule has 1 aromatic heterocycles. The van der Waals surface area contributed by atoms with Crippen molar-refractivity contribution in [1.29, 1.82) is 0 Å². The summed E-state index contributed by atoms with van der Waals surface area (Å²) in [6.07, 6.45) is 3.80. The van der Waals surface area contributed by atoms with E-state index < -0.39 is 0 Å². The van der Waals surface area contributed by atoms with Gasteiger partial charge in [0.05, 0.1) is 27.4 Å². The molecule has 0 radical (unpaired) electrons. The first-order valence-corrected chi connectivity index (χ1v) is 13.4. The largest absolute Gasteiger partial charge is 0.493 e. The Hall–Kier alpha value is -3.22. The molecule has 4 aromatic rings. The van der Waals surface area contributed by atoms with Crippen LogP contribution in [-0.4, -0.2) is 11.2 Å². The smallest absolute Gasteiger partial charge is 0.271 e. The Bertz CT molecular complexity index is 1650. The molecule has 35 heavy (non-hydrogen) atoms. The van der Waals surface area contributed by atoms with Gasteiger partial charge in [-0.1, -0.05) is 72.0 Å². The minimum absolute atomic E-state index is 0.00183. The van der Waals surface area contributed by atoms with E-state index in [1.54, 1.807) is 0 Å². The predicted octanol–water partition coefficient (Wildman–Crippen LogP) is 5.48. The van der Waals surface area contributed by atoms with Crippen LogP contribution in [-0.2, 0) is 6.42 Å². The maximum atomic E-state index is 13.8. The third kappa shape index (κ3) is 3.91. The van der Waals surface area contributed by atoms with Crippen LogP contribution in [0.2, 0.25) is 0 Å². The fourth-order valence-electron chi connectivity index (χ4n) is 4.99. The van der Waals surface area contributed by atoms with Crippen molar-refractivity contribution in [3.63, 3.8) is 0 Å². The molecule has 1 aliphatic carbocycles.